The summed E-state index contributed by atoms with van der Waals surface area (Å²) in [6.45, 7) is 6.12. The number of halogens is 1. The fourth-order valence-corrected chi connectivity index (χ4v) is 5.00. The molecule has 1 aliphatic rings. The van der Waals surface area contributed by atoms with Gasteiger partial charge in [-0.05, 0) is 48.7 Å². The number of sulfonamides is 1. The van der Waals surface area contributed by atoms with E-state index in [2.05, 4.69) is 29.3 Å². The third kappa shape index (κ3) is 7.60. The summed E-state index contributed by atoms with van der Waals surface area (Å²) in [5, 5.41) is 2.91. The van der Waals surface area contributed by atoms with E-state index in [1.807, 2.05) is 12.1 Å². The highest BCUT2D eigenvalue weighted by atomic mass is 32.2. The number of benzene rings is 2. The Morgan fingerprint density at radius 1 is 1.21 bits per heavy atom. The summed E-state index contributed by atoms with van der Waals surface area (Å²) in [5.74, 6) is -0.621. The van der Waals surface area contributed by atoms with E-state index in [-0.39, 0.29) is 29.9 Å². The molecular formula is C24H32FN3O4S. The van der Waals surface area contributed by atoms with Gasteiger partial charge in [0.05, 0.1) is 17.6 Å². The molecule has 9 heteroatoms. The Bertz CT molecular complexity index is 1030. The molecule has 1 heterocycles. The van der Waals surface area contributed by atoms with E-state index in [1.54, 1.807) is 0 Å². The van der Waals surface area contributed by atoms with Gasteiger partial charge in [0, 0.05) is 46.2 Å². The number of hydrogen-bond donors (Lipinski definition) is 1. The fraction of sp³-hybridized carbons (Fsp3) is 0.458. The van der Waals surface area contributed by atoms with Gasteiger partial charge in [-0.2, -0.15) is 0 Å². The number of amides is 1. The van der Waals surface area contributed by atoms with Crippen LogP contribution in [0.15, 0.2) is 53.4 Å². The van der Waals surface area contributed by atoms with Crippen LogP contribution in [0.1, 0.15) is 30.9 Å². The number of hydrogen-bond acceptors (Lipinski definition) is 5. The molecule has 1 unspecified atom stereocenters. The van der Waals surface area contributed by atoms with Gasteiger partial charge in [0.25, 0.3) is 0 Å². The Labute approximate surface area is 195 Å². The van der Waals surface area contributed by atoms with Crippen molar-refractivity contribution in [3.8, 4) is 0 Å². The standard InChI is InChI=1S/C24H32FN3O4S/c1-19-17-28(13-14-32-19)18-21-6-3-5-20(15-21)16-26-24(29)7-4-12-27(2)33(30,31)23-10-8-22(25)9-11-23/h3,5-6,8-11,15,19H,4,7,12-14,16-18H2,1-2H3,(H,26,29). The molecule has 1 aliphatic heterocycles. The summed E-state index contributed by atoms with van der Waals surface area (Å²) in [7, 11) is -2.25. The molecule has 2 aromatic carbocycles. The quantitative estimate of drug-likeness (QED) is 0.569. The molecule has 180 valence electrons. The molecule has 7 nitrogen and oxygen atoms in total. The van der Waals surface area contributed by atoms with Crippen molar-refractivity contribution < 1.29 is 22.3 Å². The first-order valence-corrected chi connectivity index (χ1v) is 12.6. The Morgan fingerprint density at radius 3 is 2.67 bits per heavy atom. The number of carbonyl (C=O) groups is 1. The number of carbonyl (C=O) groups excluding carboxylic acids is 1. The van der Waals surface area contributed by atoms with E-state index in [1.165, 1.54) is 29.0 Å². The number of rotatable bonds is 10. The highest BCUT2D eigenvalue weighted by Crippen LogP contribution is 2.16. The highest BCUT2D eigenvalue weighted by molar-refractivity contribution is 7.89. The van der Waals surface area contributed by atoms with E-state index in [0.717, 1.165) is 43.9 Å². The summed E-state index contributed by atoms with van der Waals surface area (Å²) >= 11 is 0. The van der Waals surface area contributed by atoms with E-state index in [0.29, 0.717) is 13.0 Å². The molecule has 0 radical (unpaired) electrons. The zero-order valence-electron chi connectivity index (χ0n) is 19.2. The smallest absolute Gasteiger partial charge is 0.242 e. The minimum absolute atomic E-state index is 0.0299. The fourth-order valence-electron chi connectivity index (χ4n) is 3.79. The molecule has 1 atom stereocenters. The zero-order valence-corrected chi connectivity index (χ0v) is 20.0. The van der Waals surface area contributed by atoms with Crippen LogP contribution in [0.5, 0.6) is 0 Å². The van der Waals surface area contributed by atoms with Crippen molar-refractivity contribution in [3.05, 3.63) is 65.5 Å². The maximum Gasteiger partial charge on any atom is 0.242 e. The first-order chi connectivity index (χ1) is 15.7. The summed E-state index contributed by atoms with van der Waals surface area (Å²) in [5.41, 5.74) is 2.22. The van der Waals surface area contributed by atoms with Gasteiger partial charge < -0.3 is 10.1 Å². The van der Waals surface area contributed by atoms with Crippen molar-refractivity contribution in [2.45, 2.75) is 43.9 Å². The lowest BCUT2D eigenvalue weighted by Gasteiger charge is -2.31. The van der Waals surface area contributed by atoms with Crippen LogP contribution in [-0.4, -0.2) is 62.9 Å². The van der Waals surface area contributed by atoms with Gasteiger partial charge in [-0.25, -0.2) is 17.1 Å². The lowest BCUT2D eigenvalue weighted by Crippen LogP contribution is -2.40. The summed E-state index contributed by atoms with van der Waals surface area (Å²) < 4.78 is 44.8. The van der Waals surface area contributed by atoms with Crippen LogP contribution in [0.25, 0.3) is 0 Å². The van der Waals surface area contributed by atoms with Gasteiger partial charge in [0.2, 0.25) is 15.9 Å². The van der Waals surface area contributed by atoms with Crippen molar-refractivity contribution in [2.75, 3.05) is 33.3 Å². The summed E-state index contributed by atoms with van der Waals surface area (Å²) in [6.07, 6.45) is 0.845. The lowest BCUT2D eigenvalue weighted by atomic mass is 10.1. The number of morpholine rings is 1. The molecule has 33 heavy (non-hydrogen) atoms. The van der Waals surface area contributed by atoms with Crippen molar-refractivity contribution >= 4 is 15.9 Å². The van der Waals surface area contributed by atoms with Crippen LogP contribution >= 0.6 is 0 Å². The van der Waals surface area contributed by atoms with Gasteiger partial charge in [-0.15, -0.1) is 0 Å². The topological polar surface area (TPSA) is 79.0 Å². The van der Waals surface area contributed by atoms with Crippen molar-refractivity contribution in [2.24, 2.45) is 0 Å². The van der Waals surface area contributed by atoms with Gasteiger partial charge in [-0.3, -0.25) is 9.69 Å². The van der Waals surface area contributed by atoms with E-state index in [4.69, 9.17) is 4.74 Å². The SMILES string of the molecule is CC1CN(Cc2cccc(CNC(=O)CCCN(C)S(=O)(=O)c3ccc(F)cc3)c2)CCO1. The van der Waals surface area contributed by atoms with Crippen molar-refractivity contribution in [3.63, 3.8) is 0 Å². The van der Waals surface area contributed by atoms with E-state index < -0.39 is 15.8 Å². The largest absolute Gasteiger partial charge is 0.376 e. The maximum absolute atomic E-state index is 13.0. The lowest BCUT2D eigenvalue weighted by molar-refractivity contribution is -0.121. The number of nitrogens with one attached hydrogen (secondary N) is 1. The molecule has 0 saturated carbocycles. The van der Waals surface area contributed by atoms with Gasteiger partial charge in [0.15, 0.2) is 0 Å². The molecule has 0 aromatic heterocycles. The van der Waals surface area contributed by atoms with Crippen molar-refractivity contribution in [1.29, 1.82) is 0 Å². The Kier molecular flexibility index (Phi) is 8.96. The molecule has 0 aliphatic carbocycles. The molecule has 1 saturated heterocycles. The molecule has 0 spiro atoms. The third-order valence-corrected chi connectivity index (χ3v) is 7.48. The van der Waals surface area contributed by atoms with Crippen LogP contribution in [0.4, 0.5) is 4.39 Å². The molecule has 1 amide bonds. The van der Waals surface area contributed by atoms with E-state index >= 15 is 0 Å². The minimum Gasteiger partial charge on any atom is -0.376 e. The van der Waals surface area contributed by atoms with Crippen LogP contribution in [0.2, 0.25) is 0 Å². The molecule has 1 fully saturated rings. The second-order valence-corrected chi connectivity index (χ2v) is 10.4. The van der Waals surface area contributed by atoms with Gasteiger partial charge in [0.1, 0.15) is 5.82 Å². The van der Waals surface area contributed by atoms with Crippen LogP contribution in [-0.2, 0) is 32.6 Å². The zero-order chi connectivity index (χ0) is 23.8. The minimum atomic E-state index is -3.71. The predicted octanol–water partition coefficient (Wildman–Crippen LogP) is 2.76. The molecular weight excluding hydrogens is 445 g/mol. The molecule has 1 N–H and O–H groups in total. The summed E-state index contributed by atoms with van der Waals surface area (Å²) in [4.78, 5) is 14.6. The predicted molar refractivity (Wildman–Crippen MR) is 124 cm³/mol. The molecule has 0 bridgehead atoms. The Hall–Kier alpha value is -2.33. The number of nitrogens with zero attached hydrogens (tertiary/aromatic N) is 2. The van der Waals surface area contributed by atoms with Gasteiger partial charge >= 0.3 is 0 Å². The molecule has 2 aromatic rings. The summed E-state index contributed by atoms with van der Waals surface area (Å²) in [6, 6.07) is 12.9. The normalized spacial score (nSPS) is 17.3. The number of ether oxygens (including phenoxy) is 1. The maximum atomic E-state index is 13.0. The van der Waals surface area contributed by atoms with E-state index in [9.17, 15) is 17.6 Å². The second kappa shape index (κ2) is 11.7. The van der Waals surface area contributed by atoms with Gasteiger partial charge in [-0.1, -0.05) is 24.3 Å². The highest BCUT2D eigenvalue weighted by Gasteiger charge is 2.20. The van der Waals surface area contributed by atoms with Crippen LogP contribution in [0.3, 0.4) is 0 Å². The Balaban J connectivity index is 1.42. The van der Waals surface area contributed by atoms with Crippen LogP contribution in [0, 0.1) is 5.82 Å². The van der Waals surface area contributed by atoms with Crippen LogP contribution < -0.4 is 5.32 Å². The first kappa shape index (κ1) is 25.3. The monoisotopic (exact) mass is 477 g/mol. The Morgan fingerprint density at radius 2 is 1.94 bits per heavy atom. The average molecular weight is 478 g/mol. The van der Waals surface area contributed by atoms with Crippen molar-refractivity contribution in [1.82, 2.24) is 14.5 Å². The first-order valence-electron chi connectivity index (χ1n) is 11.1. The third-order valence-electron chi connectivity index (χ3n) is 5.61. The molecule has 3 rings (SSSR count). The average Bonchev–Trinajstić information content (AvgIpc) is 2.78. The second-order valence-electron chi connectivity index (χ2n) is 8.40.